The van der Waals surface area contributed by atoms with E-state index in [4.69, 9.17) is 19.9 Å². The Morgan fingerprint density at radius 3 is 2.22 bits per heavy atom. The lowest BCUT2D eigenvalue weighted by molar-refractivity contribution is 0.344. The van der Waals surface area contributed by atoms with Gasteiger partial charge in [-0.2, -0.15) is 0 Å². The number of rotatable bonds is 9. The molecule has 37 heavy (non-hydrogen) atoms. The Morgan fingerprint density at radius 2 is 1.59 bits per heavy atom. The number of hydrogen-bond acceptors (Lipinski definition) is 6. The van der Waals surface area contributed by atoms with Gasteiger partial charge in [-0.15, -0.1) is 11.3 Å². The standard InChI is InChI=1S/C30H29N3O3S/c1-35-26-14-13-22(17-27(26)36-2)24-19-37-30(32-24)28-25(34)18-33(29(28)31)16-15-23(20-9-5-3-6-10-20)21-11-7-4-8-12-21/h3-14,17,19,23,31,34H,15-16,18H2,1-2H3. The van der Waals surface area contributed by atoms with Crippen LogP contribution in [0.15, 0.2) is 90.0 Å². The Bertz CT molecular complexity index is 1380. The van der Waals surface area contributed by atoms with E-state index in [1.165, 1.54) is 22.5 Å². The molecule has 1 aliphatic rings. The number of hydrogen-bond donors (Lipinski definition) is 2. The van der Waals surface area contributed by atoms with E-state index in [0.29, 0.717) is 41.0 Å². The molecule has 1 aliphatic heterocycles. The minimum absolute atomic E-state index is 0.189. The summed E-state index contributed by atoms with van der Waals surface area (Å²) >= 11 is 1.42. The van der Waals surface area contributed by atoms with E-state index < -0.39 is 0 Å². The van der Waals surface area contributed by atoms with Crippen LogP contribution in [0.5, 0.6) is 11.5 Å². The molecule has 0 unspecified atom stereocenters. The fourth-order valence-electron chi connectivity index (χ4n) is 4.75. The van der Waals surface area contributed by atoms with Gasteiger partial charge in [0.1, 0.15) is 16.6 Å². The average molecular weight is 512 g/mol. The first-order chi connectivity index (χ1) is 18.1. The van der Waals surface area contributed by atoms with Crippen LogP contribution in [-0.4, -0.2) is 48.1 Å². The van der Waals surface area contributed by atoms with Gasteiger partial charge in [0.05, 0.1) is 32.0 Å². The summed E-state index contributed by atoms with van der Waals surface area (Å²) in [5, 5.41) is 22.3. The minimum Gasteiger partial charge on any atom is -0.510 e. The van der Waals surface area contributed by atoms with Crippen LogP contribution in [0.2, 0.25) is 0 Å². The maximum absolute atomic E-state index is 10.8. The Kier molecular flexibility index (Phi) is 7.23. The van der Waals surface area contributed by atoms with Crippen molar-refractivity contribution in [1.82, 2.24) is 9.88 Å². The summed E-state index contributed by atoms with van der Waals surface area (Å²) in [6, 6.07) is 26.6. The normalized spacial score (nSPS) is 13.5. The third kappa shape index (κ3) is 5.08. The summed E-state index contributed by atoms with van der Waals surface area (Å²) in [6.07, 6.45) is 0.825. The number of ether oxygens (including phenoxy) is 2. The summed E-state index contributed by atoms with van der Waals surface area (Å²) in [7, 11) is 3.21. The molecule has 0 fully saturated rings. The molecule has 0 aliphatic carbocycles. The second kappa shape index (κ2) is 10.9. The molecule has 0 radical (unpaired) electrons. The number of aliphatic hydroxyl groups excluding tert-OH is 1. The summed E-state index contributed by atoms with van der Waals surface area (Å²) in [5.41, 5.74) is 4.65. The van der Waals surface area contributed by atoms with Gasteiger partial charge >= 0.3 is 0 Å². The predicted octanol–water partition coefficient (Wildman–Crippen LogP) is 6.61. The summed E-state index contributed by atoms with van der Waals surface area (Å²) in [6.45, 7) is 0.963. The number of aromatic nitrogens is 1. The molecule has 5 rings (SSSR count). The monoisotopic (exact) mass is 511 g/mol. The lowest BCUT2D eigenvalue weighted by Crippen LogP contribution is -2.29. The van der Waals surface area contributed by atoms with E-state index in [0.717, 1.165) is 17.7 Å². The maximum atomic E-state index is 10.8. The van der Waals surface area contributed by atoms with E-state index in [9.17, 15) is 5.11 Å². The second-order valence-electron chi connectivity index (χ2n) is 8.86. The van der Waals surface area contributed by atoms with Crippen LogP contribution >= 0.6 is 11.3 Å². The van der Waals surface area contributed by atoms with E-state index >= 15 is 0 Å². The van der Waals surface area contributed by atoms with Gasteiger partial charge in [0.25, 0.3) is 0 Å². The topological polar surface area (TPSA) is 78.7 Å². The van der Waals surface area contributed by atoms with Crippen LogP contribution < -0.4 is 9.47 Å². The predicted molar refractivity (Wildman–Crippen MR) is 149 cm³/mol. The number of amidine groups is 1. The number of benzene rings is 3. The zero-order chi connectivity index (χ0) is 25.8. The van der Waals surface area contributed by atoms with Crippen molar-refractivity contribution in [2.45, 2.75) is 12.3 Å². The summed E-state index contributed by atoms with van der Waals surface area (Å²) in [4.78, 5) is 6.69. The molecule has 7 heteroatoms. The third-order valence-corrected chi connectivity index (χ3v) is 7.53. The van der Waals surface area contributed by atoms with Crippen molar-refractivity contribution in [2.75, 3.05) is 27.3 Å². The number of nitrogens with one attached hydrogen (secondary N) is 1. The highest BCUT2D eigenvalue weighted by Crippen LogP contribution is 2.36. The smallest absolute Gasteiger partial charge is 0.161 e. The quantitative estimate of drug-likeness (QED) is 0.264. The molecule has 188 valence electrons. The number of thiazole rings is 1. The Morgan fingerprint density at radius 1 is 0.946 bits per heavy atom. The van der Waals surface area contributed by atoms with Crippen molar-refractivity contribution in [1.29, 1.82) is 5.41 Å². The molecule has 0 saturated heterocycles. The van der Waals surface area contributed by atoms with Crippen molar-refractivity contribution >= 4 is 22.7 Å². The summed E-state index contributed by atoms with van der Waals surface area (Å²) in [5.74, 6) is 1.99. The zero-order valence-electron chi connectivity index (χ0n) is 20.8. The fraction of sp³-hybridized carbons (Fsp3) is 0.200. The van der Waals surface area contributed by atoms with Gasteiger partial charge in [-0.3, -0.25) is 5.41 Å². The van der Waals surface area contributed by atoms with E-state index in [1.807, 2.05) is 40.6 Å². The lowest BCUT2D eigenvalue weighted by atomic mass is 9.88. The van der Waals surface area contributed by atoms with Gasteiger partial charge in [0, 0.05) is 23.4 Å². The molecule has 0 spiro atoms. The molecule has 0 saturated carbocycles. The molecule has 3 aromatic carbocycles. The van der Waals surface area contributed by atoms with Crippen LogP contribution in [-0.2, 0) is 0 Å². The minimum atomic E-state index is 0.189. The highest BCUT2D eigenvalue weighted by molar-refractivity contribution is 7.11. The number of methoxy groups -OCH3 is 2. The highest BCUT2D eigenvalue weighted by Gasteiger charge is 2.31. The second-order valence-corrected chi connectivity index (χ2v) is 9.72. The first-order valence-corrected chi connectivity index (χ1v) is 13.0. The van der Waals surface area contributed by atoms with Crippen LogP contribution in [0.1, 0.15) is 28.5 Å². The van der Waals surface area contributed by atoms with Crippen molar-refractivity contribution in [3.05, 3.63) is 106 Å². The van der Waals surface area contributed by atoms with Crippen molar-refractivity contribution in [3.63, 3.8) is 0 Å². The number of aliphatic hydroxyl groups is 1. The molecule has 0 amide bonds. The van der Waals surface area contributed by atoms with Gasteiger partial charge in [-0.25, -0.2) is 4.98 Å². The lowest BCUT2D eigenvalue weighted by Gasteiger charge is -2.23. The number of nitrogens with zero attached hydrogens (tertiary/aromatic N) is 2. The molecule has 1 aromatic heterocycles. The first kappa shape index (κ1) is 24.6. The van der Waals surface area contributed by atoms with Gasteiger partial charge in [0.15, 0.2) is 11.5 Å². The van der Waals surface area contributed by atoms with Crippen LogP contribution in [0.3, 0.4) is 0 Å². The molecule has 0 bridgehead atoms. The largest absolute Gasteiger partial charge is 0.510 e. The highest BCUT2D eigenvalue weighted by atomic mass is 32.1. The van der Waals surface area contributed by atoms with Crippen molar-refractivity contribution < 1.29 is 14.6 Å². The molecular weight excluding hydrogens is 482 g/mol. The Labute approximate surface area is 221 Å². The van der Waals surface area contributed by atoms with Crippen LogP contribution in [0.4, 0.5) is 0 Å². The SMILES string of the molecule is COc1ccc(-c2csc(C3=C(O)CN(CCC(c4ccccc4)c4ccccc4)C3=N)n2)cc1OC. The van der Waals surface area contributed by atoms with Crippen molar-refractivity contribution in [3.8, 4) is 22.8 Å². The average Bonchev–Trinajstić information content (AvgIpc) is 3.53. The zero-order valence-corrected chi connectivity index (χ0v) is 21.7. The van der Waals surface area contributed by atoms with Gasteiger partial charge < -0.3 is 19.5 Å². The van der Waals surface area contributed by atoms with Crippen molar-refractivity contribution in [2.24, 2.45) is 0 Å². The Hall–Kier alpha value is -4.10. The maximum Gasteiger partial charge on any atom is 0.161 e. The molecule has 4 aromatic rings. The molecule has 2 heterocycles. The molecule has 6 nitrogen and oxygen atoms in total. The van der Waals surface area contributed by atoms with Gasteiger partial charge in [-0.05, 0) is 35.7 Å². The van der Waals surface area contributed by atoms with Gasteiger partial charge in [-0.1, -0.05) is 60.7 Å². The molecular formula is C30H29N3O3S. The van der Waals surface area contributed by atoms with E-state index in [2.05, 4.69) is 48.5 Å². The Balaban J connectivity index is 1.33. The van der Waals surface area contributed by atoms with Crippen LogP contribution in [0, 0.1) is 5.41 Å². The van der Waals surface area contributed by atoms with E-state index in [-0.39, 0.29) is 11.7 Å². The third-order valence-electron chi connectivity index (χ3n) is 6.67. The fourth-order valence-corrected chi connectivity index (χ4v) is 5.64. The van der Waals surface area contributed by atoms with Crippen LogP contribution in [0.25, 0.3) is 16.8 Å². The first-order valence-electron chi connectivity index (χ1n) is 12.1. The molecule has 0 atom stereocenters. The molecule has 2 N–H and O–H groups in total. The summed E-state index contributed by atoms with van der Waals surface area (Å²) < 4.78 is 10.8. The van der Waals surface area contributed by atoms with Gasteiger partial charge in [0.2, 0.25) is 0 Å². The van der Waals surface area contributed by atoms with E-state index in [1.54, 1.807) is 14.2 Å².